The van der Waals surface area contributed by atoms with Crippen molar-refractivity contribution in [2.75, 3.05) is 76.0 Å². The van der Waals surface area contributed by atoms with Gasteiger partial charge in [-0.05, 0) is 36.4 Å². The first-order chi connectivity index (χ1) is 16.0. The van der Waals surface area contributed by atoms with Gasteiger partial charge in [0.05, 0.1) is 25.2 Å². The molecule has 0 saturated carbocycles. The van der Waals surface area contributed by atoms with Crippen LogP contribution in [0, 0.1) is 10.1 Å². The zero-order chi connectivity index (χ0) is 23.2. The molecule has 2 aromatic rings. The molecule has 4 rings (SSSR count). The average Bonchev–Trinajstić information content (AvgIpc) is 2.87. The van der Waals surface area contributed by atoms with E-state index in [2.05, 4.69) is 4.90 Å². The summed E-state index contributed by atoms with van der Waals surface area (Å²) in [5.41, 5.74) is 1.64. The van der Waals surface area contributed by atoms with Gasteiger partial charge in [-0.15, -0.1) is 0 Å². The van der Waals surface area contributed by atoms with Gasteiger partial charge in [-0.25, -0.2) is 0 Å². The van der Waals surface area contributed by atoms with Crippen molar-refractivity contribution in [3.05, 3.63) is 52.6 Å². The Morgan fingerprint density at radius 2 is 1.64 bits per heavy atom. The number of rotatable bonds is 7. The Balaban J connectivity index is 1.34. The molecule has 1 amide bonds. The molecule has 10 heteroatoms. The third kappa shape index (κ3) is 5.46. The van der Waals surface area contributed by atoms with E-state index in [-0.39, 0.29) is 23.1 Å². The van der Waals surface area contributed by atoms with E-state index in [4.69, 9.17) is 14.2 Å². The highest BCUT2D eigenvalue weighted by molar-refractivity contribution is 5.78. The SMILES string of the molecule is COc1ccc(OCC(=O)N2CCN(c3ccc([N+](=O)[O-])c(N4CCOCC4)c3)CC2)cc1. The molecule has 2 aliphatic rings. The number of carbonyl (C=O) groups excluding carboxylic acids is 1. The fourth-order valence-corrected chi connectivity index (χ4v) is 4.04. The maximum absolute atomic E-state index is 12.6. The number of hydrogen-bond acceptors (Lipinski definition) is 8. The normalized spacial score (nSPS) is 16.5. The molecule has 0 atom stereocenters. The van der Waals surface area contributed by atoms with E-state index in [0.717, 1.165) is 11.4 Å². The van der Waals surface area contributed by atoms with Gasteiger partial charge in [-0.3, -0.25) is 14.9 Å². The van der Waals surface area contributed by atoms with E-state index in [1.165, 1.54) is 0 Å². The first kappa shape index (κ1) is 22.7. The number of anilines is 2. The molecular formula is C23H28N4O6. The quantitative estimate of drug-likeness (QED) is 0.462. The summed E-state index contributed by atoms with van der Waals surface area (Å²) in [7, 11) is 1.60. The number of nitro benzene ring substituents is 1. The van der Waals surface area contributed by atoms with E-state index in [0.29, 0.717) is 63.9 Å². The third-order valence-corrected chi connectivity index (χ3v) is 5.93. The second kappa shape index (κ2) is 10.4. The zero-order valence-electron chi connectivity index (χ0n) is 18.6. The highest BCUT2D eigenvalue weighted by atomic mass is 16.6. The number of ether oxygens (including phenoxy) is 3. The molecule has 0 spiro atoms. The lowest BCUT2D eigenvalue weighted by Gasteiger charge is -2.36. The molecule has 0 N–H and O–H groups in total. The number of amides is 1. The van der Waals surface area contributed by atoms with Gasteiger partial charge in [-0.1, -0.05) is 0 Å². The van der Waals surface area contributed by atoms with Crippen LogP contribution in [0.1, 0.15) is 0 Å². The Morgan fingerprint density at radius 3 is 2.27 bits per heavy atom. The van der Waals surface area contributed by atoms with Gasteiger partial charge >= 0.3 is 0 Å². The molecule has 33 heavy (non-hydrogen) atoms. The molecule has 10 nitrogen and oxygen atoms in total. The lowest BCUT2D eigenvalue weighted by atomic mass is 10.1. The summed E-state index contributed by atoms with van der Waals surface area (Å²) in [4.78, 5) is 29.7. The van der Waals surface area contributed by atoms with Crippen molar-refractivity contribution in [3.8, 4) is 11.5 Å². The van der Waals surface area contributed by atoms with E-state index in [1.54, 1.807) is 48.4 Å². The van der Waals surface area contributed by atoms with Gasteiger partial charge in [0.15, 0.2) is 6.61 Å². The molecule has 176 valence electrons. The summed E-state index contributed by atoms with van der Waals surface area (Å²) in [6.45, 7) is 4.76. The Bertz CT molecular complexity index is 969. The molecule has 2 heterocycles. The second-order valence-corrected chi connectivity index (χ2v) is 7.86. The molecule has 0 radical (unpaired) electrons. The monoisotopic (exact) mass is 456 g/mol. The highest BCUT2D eigenvalue weighted by Crippen LogP contribution is 2.33. The summed E-state index contributed by atoms with van der Waals surface area (Å²) in [5, 5.41) is 11.5. The average molecular weight is 456 g/mol. The van der Waals surface area contributed by atoms with Crippen molar-refractivity contribution in [3.63, 3.8) is 0 Å². The van der Waals surface area contributed by atoms with Crippen LogP contribution in [0.25, 0.3) is 0 Å². The van der Waals surface area contributed by atoms with E-state index < -0.39 is 0 Å². The topological polar surface area (TPSA) is 97.6 Å². The highest BCUT2D eigenvalue weighted by Gasteiger charge is 2.26. The molecule has 2 saturated heterocycles. The maximum Gasteiger partial charge on any atom is 0.292 e. The third-order valence-electron chi connectivity index (χ3n) is 5.93. The van der Waals surface area contributed by atoms with Gasteiger partial charge in [0.2, 0.25) is 0 Å². The van der Waals surface area contributed by atoms with Crippen LogP contribution in [0.3, 0.4) is 0 Å². The van der Waals surface area contributed by atoms with Crippen molar-refractivity contribution < 1.29 is 23.9 Å². The lowest BCUT2D eigenvalue weighted by Crippen LogP contribution is -2.50. The minimum atomic E-state index is -0.339. The lowest BCUT2D eigenvalue weighted by molar-refractivity contribution is -0.384. The zero-order valence-corrected chi connectivity index (χ0v) is 18.6. The predicted molar refractivity (Wildman–Crippen MR) is 123 cm³/mol. The number of carbonyl (C=O) groups is 1. The van der Waals surface area contributed by atoms with Gasteiger partial charge in [0, 0.05) is 51.0 Å². The standard InChI is InChI=1S/C23H28N4O6/c1-31-19-3-5-20(6-4-19)33-17-23(28)26-10-8-24(9-11-26)18-2-7-21(27(29)30)22(16-18)25-12-14-32-15-13-25/h2-7,16H,8-15,17H2,1H3. The fraction of sp³-hybridized carbons (Fsp3) is 0.435. The summed E-state index contributed by atoms with van der Waals surface area (Å²) in [6, 6.07) is 12.3. The summed E-state index contributed by atoms with van der Waals surface area (Å²) < 4.78 is 16.1. The number of morpholine rings is 1. The van der Waals surface area contributed by atoms with E-state index >= 15 is 0 Å². The molecule has 2 aliphatic heterocycles. The summed E-state index contributed by atoms with van der Waals surface area (Å²) >= 11 is 0. The van der Waals surface area contributed by atoms with Crippen LogP contribution in [-0.4, -0.2) is 81.9 Å². The van der Waals surface area contributed by atoms with Crippen LogP contribution in [-0.2, 0) is 9.53 Å². The van der Waals surface area contributed by atoms with Gasteiger partial charge in [-0.2, -0.15) is 0 Å². The molecule has 0 aromatic heterocycles. The van der Waals surface area contributed by atoms with Crippen molar-refractivity contribution in [2.45, 2.75) is 0 Å². The van der Waals surface area contributed by atoms with Crippen LogP contribution in [0.15, 0.2) is 42.5 Å². The number of nitrogens with zero attached hydrogens (tertiary/aromatic N) is 4. The predicted octanol–water partition coefficient (Wildman–Crippen LogP) is 2.17. The number of hydrogen-bond donors (Lipinski definition) is 0. The van der Waals surface area contributed by atoms with E-state index in [9.17, 15) is 14.9 Å². The molecule has 0 bridgehead atoms. The molecular weight excluding hydrogens is 428 g/mol. The van der Waals surface area contributed by atoms with Crippen molar-refractivity contribution in [1.29, 1.82) is 0 Å². The molecule has 2 aromatic carbocycles. The largest absolute Gasteiger partial charge is 0.497 e. The van der Waals surface area contributed by atoms with Crippen LogP contribution in [0.4, 0.5) is 17.1 Å². The van der Waals surface area contributed by atoms with Crippen molar-refractivity contribution in [1.82, 2.24) is 4.90 Å². The second-order valence-electron chi connectivity index (χ2n) is 7.86. The van der Waals surface area contributed by atoms with Gasteiger partial charge in [0.25, 0.3) is 11.6 Å². The number of nitro groups is 1. The molecule has 0 aliphatic carbocycles. The van der Waals surface area contributed by atoms with E-state index in [1.807, 2.05) is 11.0 Å². The Hall–Kier alpha value is -3.53. The fourth-order valence-electron chi connectivity index (χ4n) is 4.04. The summed E-state index contributed by atoms with van der Waals surface area (Å²) in [5.74, 6) is 1.28. The van der Waals surface area contributed by atoms with Crippen LogP contribution in [0.5, 0.6) is 11.5 Å². The van der Waals surface area contributed by atoms with Gasteiger partial charge < -0.3 is 28.9 Å². The molecule has 2 fully saturated rings. The minimum absolute atomic E-state index is 0.0228. The Labute approximate surface area is 192 Å². The first-order valence-electron chi connectivity index (χ1n) is 11.0. The van der Waals surface area contributed by atoms with Crippen molar-refractivity contribution in [2.24, 2.45) is 0 Å². The number of methoxy groups -OCH3 is 1. The number of benzene rings is 2. The Kier molecular flexibility index (Phi) is 7.13. The summed E-state index contributed by atoms with van der Waals surface area (Å²) in [6.07, 6.45) is 0. The first-order valence-corrected chi connectivity index (χ1v) is 11.0. The minimum Gasteiger partial charge on any atom is -0.497 e. The Morgan fingerprint density at radius 1 is 0.970 bits per heavy atom. The van der Waals surface area contributed by atoms with Crippen LogP contribution < -0.4 is 19.3 Å². The number of piperazine rings is 1. The smallest absolute Gasteiger partial charge is 0.292 e. The van der Waals surface area contributed by atoms with Crippen molar-refractivity contribution >= 4 is 23.0 Å². The van der Waals surface area contributed by atoms with Crippen LogP contribution >= 0.6 is 0 Å². The van der Waals surface area contributed by atoms with Crippen LogP contribution in [0.2, 0.25) is 0 Å². The molecule has 0 unspecified atom stereocenters. The maximum atomic E-state index is 12.6. The van der Waals surface area contributed by atoms with Gasteiger partial charge in [0.1, 0.15) is 17.2 Å².